The van der Waals surface area contributed by atoms with Gasteiger partial charge in [0, 0.05) is 10.9 Å². The van der Waals surface area contributed by atoms with Crippen LogP contribution in [0.5, 0.6) is 0 Å². The highest BCUT2D eigenvalue weighted by atomic mass is 32.1. The molecule has 0 aliphatic heterocycles. The minimum Gasteiger partial charge on any atom is -0.271 e. The minimum absolute atomic E-state index is 0.358. The van der Waals surface area contributed by atoms with Gasteiger partial charge in [0.1, 0.15) is 0 Å². The average Bonchev–Trinajstić information content (AvgIpc) is 2.81. The maximum absolute atomic E-state index is 5.90. The minimum atomic E-state index is 0.358. The first-order chi connectivity index (χ1) is 9.66. The van der Waals surface area contributed by atoms with Crippen molar-refractivity contribution < 1.29 is 0 Å². The molecule has 110 valence electrons. The lowest BCUT2D eigenvalue weighted by Crippen LogP contribution is -2.47. The molecule has 4 bridgehead atoms. The van der Waals surface area contributed by atoms with Gasteiger partial charge >= 0.3 is 0 Å². The predicted octanol–water partition coefficient (Wildman–Crippen LogP) is 4.17. The average molecular weight is 290 g/mol. The molecule has 3 heteroatoms. The summed E-state index contributed by atoms with van der Waals surface area (Å²) in [5.41, 5.74) is 5.12. The van der Waals surface area contributed by atoms with Crippen molar-refractivity contribution in [1.29, 1.82) is 0 Å². The Hall–Kier alpha value is -0.380. The summed E-state index contributed by atoms with van der Waals surface area (Å²) in [6, 6.07) is 2.67. The highest BCUT2D eigenvalue weighted by Crippen LogP contribution is 2.62. The van der Waals surface area contributed by atoms with Gasteiger partial charge in [0.2, 0.25) is 0 Å². The second kappa shape index (κ2) is 4.82. The van der Waals surface area contributed by atoms with Gasteiger partial charge in [-0.3, -0.25) is 11.3 Å². The first-order valence-corrected chi connectivity index (χ1v) is 9.05. The molecule has 4 aliphatic carbocycles. The Kier molecular flexibility index (Phi) is 3.21. The van der Waals surface area contributed by atoms with Crippen LogP contribution in [-0.4, -0.2) is 0 Å². The van der Waals surface area contributed by atoms with Gasteiger partial charge in [-0.25, -0.2) is 0 Å². The molecule has 0 spiro atoms. The number of hydrogen-bond donors (Lipinski definition) is 2. The van der Waals surface area contributed by atoms with Gasteiger partial charge in [-0.05, 0) is 92.0 Å². The summed E-state index contributed by atoms with van der Waals surface area (Å²) in [5, 5.41) is 2.29. The second-order valence-electron chi connectivity index (χ2n) is 7.83. The van der Waals surface area contributed by atoms with Gasteiger partial charge in [0.05, 0.1) is 0 Å². The standard InChI is InChI=1S/C17H26N2S/c1-11-2-15(10-20-11)16(19-18)9-17-6-12-3-13(7-17)5-14(4-12)8-17/h2,10,12-14,16,19H,3-9,18H2,1H3. The van der Waals surface area contributed by atoms with Gasteiger partial charge in [-0.2, -0.15) is 0 Å². The quantitative estimate of drug-likeness (QED) is 0.645. The topological polar surface area (TPSA) is 38.0 Å². The van der Waals surface area contributed by atoms with E-state index in [1.807, 2.05) is 11.3 Å². The maximum Gasteiger partial charge on any atom is 0.0473 e. The summed E-state index contributed by atoms with van der Waals surface area (Å²) in [6.45, 7) is 2.19. The SMILES string of the molecule is Cc1cc(C(CC23CC4CC(CC(C4)C2)C3)NN)cs1. The predicted molar refractivity (Wildman–Crippen MR) is 84.3 cm³/mol. The van der Waals surface area contributed by atoms with Gasteiger partial charge in [0.15, 0.2) is 0 Å². The molecular weight excluding hydrogens is 264 g/mol. The zero-order valence-corrected chi connectivity index (χ0v) is 13.2. The van der Waals surface area contributed by atoms with E-state index >= 15 is 0 Å². The van der Waals surface area contributed by atoms with Crippen molar-refractivity contribution in [1.82, 2.24) is 5.43 Å². The summed E-state index contributed by atoms with van der Waals surface area (Å²) < 4.78 is 0. The smallest absolute Gasteiger partial charge is 0.0473 e. The third kappa shape index (κ3) is 2.24. The van der Waals surface area contributed by atoms with E-state index < -0.39 is 0 Å². The van der Waals surface area contributed by atoms with Crippen molar-refractivity contribution in [2.24, 2.45) is 29.0 Å². The fourth-order valence-corrected chi connectivity index (χ4v) is 6.65. The number of rotatable bonds is 4. The van der Waals surface area contributed by atoms with Gasteiger partial charge < -0.3 is 0 Å². The molecule has 1 heterocycles. The van der Waals surface area contributed by atoms with Crippen LogP contribution in [0, 0.1) is 30.1 Å². The van der Waals surface area contributed by atoms with Crippen molar-refractivity contribution in [3.8, 4) is 0 Å². The zero-order valence-electron chi connectivity index (χ0n) is 12.4. The number of hydrazine groups is 1. The molecule has 4 saturated carbocycles. The molecule has 1 atom stereocenters. The number of nitrogens with two attached hydrogens (primary N) is 1. The van der Waals surface area contributed by atoms with Gasteiger partial charge in [-0.1, -0.05) is 0 Å². The molecular formula is C17H26N2S. The molecule has 0 saturated heterocycles. The summed E-state index contributed by atoms with van der Waals surface area (Å²) in [6.07, 6.45) is 10.2. The number of aryl methyl sites for hydroxylation is 1. The van der Waals surface area contributed by atoms with Crippen molar-refractivity contribution in [3.05, 3.63) is 21.9 Å². The van der Waals surface area contributed by atoms with Crippen LogP contribution >= 0.6 is 11.3 Å². The summed E-state index contributed by atoms with van der Waals surface area (Å²) >= 11 is 1.84. The van der Waals surface area contributed by atoms with E-state index in [0.717, 1.165) is 17.8 Å². The first-order valence-electron chi connectivity index (χ1n) is 8.17. The lowest BCUT2D eigenvalue weighted by Gasteiger charge is -2.57. The molecule has 2 nitrogen and oxygen atoms in total. The van der Waals surface area contributed by atoms with E-state index in [1.165, 1.54) is 55.4 Å². The van der Waals surface area contributed by atoms with Crippen LogP contribution < -0.4 is 11.3 Å². The largest absolute Gasteiger partial charge is 0.271 e. The normalized spacial score (nSPS) is 40.2. The second-order valence-corrected chi connectivity index (χ2v) is 8.95. The van der Waals surface area contributed by atoms with E-state index in [9.17, 15) is 0 Å². The van der Waals surface area contributed by atoms with Crippen LogP contribution in [0.15, 0.2) is 11.4 Å². The lowest BCUT2D eigenvalue weighted by molar-refractivity contribution is -0.0622. The summed E-state index contributed by atoms with van der Waals surface area (Å²) in [4.78, 5) is 1.39. The Morgan fingerprint density at radius 1 is 1.25 bits per heavy atom. The molecule has 5 rings (SSSR count). The lowest BCUT2D eigenvalue weighted by atomic mass is 9.48. The molecule has 1 aromatic heterocycles. The molecule has 20 heavy (non-hydrogen) atoms. The molecule has 4 fully saturated rings. The zero-order chi connectivity index (χ0) is 13.7. The molecule has 1 unspecified atom stereocenters. The van der Waals surface area contributed by atoms with E-state index in [0.29, 0.717) is 11.5 Å². The van der Waals surface area contributed by atoms with Crippen molar-refractivity contribution >= 4 is 11.3 Å². The summed E-state index contributed by atoms with van der Waals surface area (Å²) in [7, 11) is 0. The van der Waals surface area contributed by atoms with E-state index in [-0.39, 0.29) is 0 Å². The van der Waals surface area contributed by atoms with Crippen molar-refractivity contribution in [2.75, 3.05) is 0 Å². The fourth-order valence-electron chi connectivity index (χ4n) is 5.89. The van der Waals surface area contributed by atoms with Crippen LogP contribution in [0.25, 0.3) is 0 Å². The Balaban J connectivity index is 1.55. The molecule has 0 aromatic carbocycles. The van der Waals surface area contributed by atoms with Crippen LogP contribution in [-0.2, 0) is 0 Å². The Labute approximate surface area is 126 Å². The third-order valence-corrected chi connectivity index (χ3v) is 7.04. The summed E-state index contributed by atoms with van der Waals surface area (Å²) in [5.74, 6) is 8.99. The molecule has 0 radical (unpaired) electrons. The van der Waals surface area contributed by atoms with Crippen LogP contribution in [0.3, 0.4) is 0 Å². The first kappa shape index (κ1) is 13.3. The highest BCUT2D eigenvalue weighted by molar-refractivity contribution is 7.10. The van der Waals surface area contributed by atoms with E-state index in [1.54, 1.807) is 0 Å². The van der Waals surface area contributed by atoms with Crippen LogP contribution in [0.4, 0.5) is 0 Å². The molecule has 3 N–H and O–H groups in total. The number of hydrogen-bond acceptors (Lipinski definition) is 3. The van der Waals surface area contributed by atoms with Gasteiger partial charge in [-0.15, -0.1) is 11.3 Å². The van der Waals surface area contributed by atoms with E-state index in [2.05, 4.69) is 23.8 Å². The van der Waals surface area contributed by atoms with Crippen LogP contribution in [0.1, 0.15) is 61.4 Å². The Morgan fingerprint density at radius 2 is 1.85 bits per heavy atom. The maximum atomic E-state index is 5.90. The third-order valence-electron chi connectivity index (χ3n) is 6.16. The highest BCUT2D eigenvalue weighted by Gasteiger charge is 2.51. The van der Waals surface area contributed by atoms with Crippen molar-refractivity contribution in [2.45, 2.75) is 57.9 Å². The van der Waals surface area contributed by atoms with Gasteiger partial charge in [0.25, 0.3) is 0 Å². The Morgan fingerprint density at radius 3 is 2.30 bits per heavy atom. The van der Waals surface area contributed by atoms with Crippen molar-refractivity contribution in [3.63, 3.8) is 0 Å². The molecule has 1 aromatic rings. The number of nitrogens with one attached hydrogen (secondary N) is 1. The van der Waals surface area contributed by atoms with E-state index in [4.69, 9.17) is 5.84 Å². The van der Waals surface area contributed by atoms with Crippen LogP contribution in [0.2, 0.25) is 0 Å². The molecule has 4 aliphatic rings. The molecule has 0 amide bonds. The number of thiophene rings is 1. The fraction of sp³-hybridized carbons (Fsp3) is 0.765. The Bertz CT molecular complexity index is 458. The monoisotopic (exact) mass is 290 g/mol.